The van der Waals surface area contributed by atoms with Gasteiger partial charge in [-0.15, -0.1) is 0 Å². The van der Waals surface area contributed by atoms with Gasteiger partial charge in [-0.2, -0.15) is 0 Å². The number of carbonyl (C=O) groups excluding carboxylic acids is 3. The summed E-state index contributed by atoms with van der Waals surface area (Å²) in [7, 11) is 0. The van der Waals surface area contributed by atoms with Crippen LogP contribution in [0.2, 0.25) is 0 Å². The summed E-state index contributed by atoms with van der Waals surface area (Å²) in [5, 5.41) is 6.34. The molecule has 4 aliphatic heterocycles. The molecule has 1 spiro atoms. The Morgan fingerprint density at radius 1 is 1.02 bits per heavy atom. The molecule has 3 amide bonds. The molecule has 5 aliphatic rings. The highest BCUT2D eigenvalue weighted by Crippen LogP contribution is 2.55. The second-order valence-electron chi connectivity index (χ2n) is 13.5. The number of nitrogens with one attached hydrogen (secondary N) is 2. The highest BCUT2D eigenvalue weighted by atomic mass is 16.7. The zero-order chi connectivity index (χ0) is 30.7. The van der Waals surface area contributed by atoms with Gasteiger partial charge in [0.2, 0.25) is 24.5 Å². The van der Waals surface area contributed by atoms with Gasteiger partial charge in [0.15, 0.2) is 11.5 Å². The van der Waals surface area contributed by atoms with Gasteiger partial charge in [0.25, 0.3) is 0 Å². The summed E-state index contributed by atoms with van der Waals surface area (Å²) >= 11 is 0. The number of fused-ring (bicyclic) bond motifs is 2. The second kappa shape index (κ2) is 10.9. The van der Waals surface area contributed by atoms with Crippen molar-refractivity contribution in [3.8, 4) is 11.5 Å². The SMILES string of the molecule is CC(C)c1ccc(NC(=O)[C@H]2[C@H]3C=C[C@@]4(O3)[C@H]2C(=O)N(Cc2ccc3c(c2)OCO3)[C@@H]4C(=O)N[C@@H]2CCC[C@H](C)[C@@H]2C)cc1. The lowest BCUT2D eigenvalue weighted by Crippen LogP contribution is -2.57. The Morgan fingerprint density at radius 3 is 2.57 bits per heavy atom. The van der Waals surface area contributed by atoms with Crippen LogP contribution in [0.4, 0.5) is 5.69 Å². The fourth-order valence-electron chi connectivity index (χ4n) is 7.90. The molecule has 2 aromatic carbocycles. The Labute approximate surface area is 258 Å². The number of ether oxygens (including phenoxy) is 3. The molecular formula is C35H41N3O6. The molecule has 0 aromatic heterocycles. The summed E-state index contributed by atoms with van der Waals surface area (Å²) in [5.74, 6) is 0.0923. The van der Waals surface area contributed by atoms with E-state index in [2.05, 4.69) is 38.3 Å². The maximum atomic E-state index is 14.4. The van der Waals surface area contributed by atoms with Crippen molar-refractivity contribution in [1.29, 1.82) is 0 Å². The summed E-state index contributed by atoms with van der Waals surface area (Å²) in [4.78, 5) is 44.2. The van der Waals surface area contributed by atoms with Crippen LogP contribution in [0.15, 0.2) is 54.6 Å². The average molecular weight is 600 g/mol. The van der Waals surface area contributed by atoms with E-state index in [1.165, 1.54) is 5.56 Å². The molecule has 1 aliphatic carbocycles. The van der Waals surface area contributed by atoms with Crippen molar-refractivity contribution < 1.29 is 28.6 Å². The van der Waals surface area contributed by atoms with E-state index in [9.17, 15) is 14.4 Å². The molecular weight excluding hydrogens is 558 g/mol. The standard InChI is InChI=1S/C35H41N3O6/c1-19(2)23-9-11-24(12-10-23)36-32(39)29-27-14-15-35(44-27)30(29)34(41)38(17-22-8-13-26-28(16-22)43-18-42-26)31(35)33(40)37-25-7-5-6-20(3)21(25)4/h8-16,19-21,25,27,29-31H,5-7,17-18H2,1-4H3,(H,36,39)(H,37,40)/t20-,21-,25+,27+,29-,30+,31+,35+/m0/s1. The van der Waals surface area contributed by atoms with E-state index in [0.717, 1.165) is 24.8 Å². The fourth-order valence-corrected chi connectivity index (χ4v) is 7.90. The van der Waals surface area contributed by atoms with E-state index < -0.39 is 29.6 Å². The summed E-state index contributed by atoms with van der Waals surface area (Å²) in [5.41, 5.74) is 1.42. The first-order valence-electron chi connectivity index (χ1n) is 15.9. The Morgan fingerprint density at radius 2 is 1.80 bits per heavy atom. The van der Waals surface area contributed by atoms with Gasteiger partial charge in [0.05, 0.1) is 17.9 Å². The van der Waals surface area contributed by atoms with Crippen molar-refractivity contribution in [2.75, 3.05) is 12.1 Å². The molecule has 1 saturated carbocycles. The molecule has 7 rings (SSSR count). The number of benzene rings is 2. The molecule has 2 N–H and O–H groups in total. The van der Waals surface area contributed by atoms with Crippen LogP contribution >= 0.6 is 0 Å². The first-order valence-corrected chi connectivity index (χ1v) is 15.9. The largest absolute Gasteiger partial charge is 0.454 e. The molecule has 232 valence electrons. The number of hydrogen-bond donors (Lipinski definition) is 2. The lowest BCUT2D eigenvalue weighted by molar-refractivity contribution is -0.142. The number of carbonyl (C=O) groups is 3. The minimum absolute atomic E-state index is 0.0136. The van der Waals surface area contributed by atoms with E-state index >= 15 is 0 Å². The van der Waals surface area contributed by atoms with Crippen LogP contribution < -0.4 is 20.1 Å². The predicted octanol–water partition coefficient (Wildman–Crippen LogP) is 4.77. The number of likely N-dealkylation sites (tertiary alicyclic amines) is 1. The molecule has 44 heavy (non-hydrogen) atoms. The maximum absolute atomic E-state index is 14.4. The summed E-state index contributed by atoms with van der Waals surface area (Å²) < 4.78 is 17.6. The Bertz CT molecular complexity index is 1500. The number of anilines is 1. The van der Waals surface area contributed by atoms with Crippen LogP contribution in [0.3, 0.4) is 0 Å². The average Bonchev–Trinajstić information content (AvgIpc) is 3.76. The van der Waals surface area contributed by atoms with Crippen LogP contribution in [0.25, 0.3) is 0 Å². The first kappa shape index (κ1) is 28.9. The van der Waals surface area contributed by atoms with Gasteiger partial charge in [0, 0.05) is 18.3 Å². The third-order valence-corrected chi connectivity index (χ3v) is 10.6. The minimum atomic E-state index is -1.23. The maximum Gasteiger partial charge on any atom is 0.246 e. The zero-order valence-electron chi connectivity index (χ0n) is 25.7. The molecule has 9 nitrogen and oxygen atoms in total. The van der Waals surface area contributed by atoms with Crippen molar-refractivity contribution >= 4 is 23.4 Å². The zero-order valence-corrected chi connectivity index (χ0v) is 25.7. The van der Waals surface area contributed by atoms with Gasteiger partial charge >= 0.3 is 0 Å². The summed E-state index contributed by atoms with van der Waals surface area (Å²) in [6.45, 7) is 8.98. The van der Waals surface area contributed by atoms with Crippen LogP contribution in [0.1, 0.15) is 64.0 Å². The second-order valence-corrected chi connectivity index (χ2v) is 13.5. The van der Waals surface area contributed by atoms with E-state index in [1.807, 2.05) is 54.6 Å². The monoisotopic (exact) mass is 599 g/mol. The molecule has 9 heteroatoms. The van der Waals surface area contributed by atoms with E-state index in [4.69, 9.17) is 14.2 Å². The van der Waals surface area contributed by atoms with E-state index in [0.29, 0.717) is 34.9 Å². The van der Waals surface area contributed by atoms with Crippen molar-refractivity contribution in [3.05, 3.63) is 65.7 Å². The lowest BCUT2D eigenvalue weighted by Gasteiger charge is -2.38. The Balaban J connectivity index is 1.20. The summed E-state index contributed by atoms with van der Waals surface area (Å²) in [6, 6.07) is 12.4. The first-order chi connectivity index (χ1) is 21.2. The molecule has 2 aromatic rings. The van der Waals surface area contributed by atoms with Crippen LogP contribution in [0, 0.1) is 23.7 Å². The molecule has 2 saturated heterocycles. The highest BCUT2D eigenvalue weighted by molar-refractivity contribution is 6.02. The van der Waals surface area contributed by atoms with Crippen LogP contribution in [-0.2, 0) is 25.7 Å². The van der Waals surface area contributed by atoms with E-state index in [-0.39, 0.29) is 37.1 Å². The number of amides is 3. The van der Waals surface area contributed by atoms with Crippen molar-refractivity contribution in [3.63, 3.8) is 0 Å². The number of rotatable bonds is 7. The van der Waals surface area contributed by atoms with E-state index in [1.54, 1.807) is 4.90 Å². The Kier molecular flexibility index (Phi) is 7.19. The topological polar surface area (TPSA) is 106 Å². The van der Waals surface area contributed by atoms with Gasteiger partial charge in [-0.1, -0.05) is 70.9 Å². The van der Waals surface area contributed by atoms with Crippen LogP contribution in [0.5, 0.6) is 11.5 Å². The molecule has 4 heterocycles. The van der Waals surface area contributed by atoms with Gasteiger partial charge in [-0.3, -0.25) is 14.4 Å². The number of hydrogen-bond acceptors (Lipinski definition) is 6. The minimum Gasteiger partial charge on any atom is -0.454 e. The molecule has 0 unspecified atom stereocenters. The van der Waals surface area contributed by atoms with Gasteiger partial charge in [-0.25, -0.2) is 0 Å². The Hall–Kier alpha value is -3.85. The quantitative estimate of drug-likeness (QED) is 0.445. The molecule has 3 fully saturated rings. The van der Waals surface area contributed by atoms with Crippen molar-refractivity contribution in [1.82, 2.24) is 10.2 Å². The molecule has 2 bridgehead atoms. The summed E-state index contributed by atoms with van der Waals surface area (Å²) in [6.07, 6.45) is 6.21. The number of nitrogens with zero attached hydrogens (tertiary/aromatic N) is 1. The molecule has 8 atom stereocenters. The third kappa shape index (κ3) is 4.67. The third-order valence-electron chi connectivity index (χ3n) is 10.6. The molecule has 0 radical (unpaired) electrons. The van der Waals surface area contributed by atoms with Gasteiger partial charge in [-0.05, 0) is 59.6 Å². The van der Waals surface area contributed by atoms with Crippen molar-refractivity contribution in [2.45, 2.75) is 83.2 Å². The van der Waals surface area contributed by atoms with Crippen LogP contribution in [-0.4, -0.2) is 53.2 Å². The van der Waals surface area contributed by atoms with Crippen molar-refractivity contribution in [2.24, 2.45) is 23.7 Å². The normalized spacial score (nSPS) is 33.2. The van der Waals surface area contributed by atoms with Gasteiger partial charge in [0.1, 0.15) is 11.6 Å². The fraction of sp³-hybridized carbons (Fsp3) is 0.514. The smallest absolute Gasteiger partial charge is 0.246 e. The lowest BCUT2D eigenvalue weighted by atomic mass is 9.73. The predicted molar refractivity (Wildman–Crippen MR) is 164 cm³/mol. The van der Waals surface area contributed by atoms with Gasteiger partial charge < -0.3 is 29.7 Å². The highest BCUT2D eigenvalue weighted by Gasteiger charge is 2.72.